The van der Waals surface area contributed by atoms with Crippen molar-refractivity contribution in [3.63, 3.8) is 0 Å². The quantitative estimate of drug-likeness (QED) is 0.144. The van der Waals surface area contributed by atoms with E-state index in [1.54, 1.807) is 18.6 Å². The zero-order valence-electron chi connectivity index (χ0n) is 30.8. The standard InChI is InChI=1S/C47H41N5O3/c1-29-19-31(26-48-43(29)33-12-5-3-6-13-33)21-42(53)36-22-37(46(54)51-39-20-30(2)44(49-27-39)34-14-7-4-8-15-34)24-38(23-36)47(55)52-40-25-35-18-17-32-11-9-10-16-41(32)45(35)50-28-40/h3-20,25-28,36-38H,21-24H2,1-2H3,(H,51,54)(H,52,55). The molecule has 3 unspecified atom stereocenters. The number of aromatic nitrogens is 3. The van der Waals surface area contributed by atoms with Gasteiger partial charge in [-0.25, -0.2) is 0 Å². The van der Waals surface area contributed by atoms with Crippen LogP contribution in [0.4, 0.5) is 11.4 Å². The fourth-order valence-corrected chi connectivity index (χ4v) is 7.95. The summed E-state index contributed by atoms with van der Waals surface area (Å²) in [6.45, 7) is 3.96. The number of anilines is 2. The van der Waals surface area contributed by atoms with Gasteiger partial charge in [-0.15, -0.1) is 0 Å². The lowest BCUT2D eigenvalue weighted by molar-refractivity contribution is -0.130. The first kappa shape index (κ1) is 35.5. The summed E-state index contributed by atoms with van der Waals surface area (Å²) in [4.78, 5) is 56.1. The molecule has 0 bridgehead atoms. The van der Waals surface area contributed by atoms with Crippen LogP contribution in [-0.2, 0) is 20.8 Å². The van der Waals surface area contributed by atoms with Gasteiger partial charge < -0.3 is 10.6 Å². The Morgan fingerprint density at radius 1 is 0.564 bits per heavy atom. The highest BCUT2D eigenvalue weighted by atomic mass is 16.2. The third-order valence-corrected chi connectivity index (χ3v) is 10.7. The summed E-state index contributed by atoms with van der Waals surface area (Å²) in [5.74, 6) is -2.08. The van der Waals surface area contributed by atoms with Crippen LogP contribution in [0.1, 0.15) is 36.0 Å². The molecule has 8 rings (SSSR count). The average Bonchev–Trinajstić information content (AvgIpc) is 3.21. The largest absolute Gasteiger partial charge is 0.324 e. The molecular formula is C47H41N5O3. The number of nitrogens with zero attached hydrogens (tertiary/aromatic N) is 3. The van der Waals surface area contributed by atoms with Crippen molar-refractivity contribution >= 4 is 50.6 Å². The Morgan fingerprint density at radius 2 is 1.09 bits per heavy atom. The fourth-order valence-electron chi connectivity index (χ4n) is 7.95. The summed E-state index contributed by atoms with van der Waals surface area (Å²) in [6.07, 6.45) is 6.27. The van der Waals surface area contributed by atoms with E-state index in [0.29, 0.717) is 30.6 Å². The summed E-state index contributed by atoms with van der Waals surface area (Å²) in [5.41, 5.74) is 8.46. The molecule has 0 aliphatic heterocycles. The van der Waals surface area contributed by atoms with E-state index in [0.717, 1.165) is 60.9 Å². The highest BCUT2D eigenvalue weighted by Gasteiger charge is 2.39. The smallest absolute Gasteiger partial charge is 0.227 e. The first-order valence-corrected chi connectivity index (χ1v) is 18.7. The van der Waals surface area contributed by atoms with Gasteiger partial charge in [-0.1, -0.05) is 103 Å². The van der Waals surface area contributed by atoms with Gasteiger partial charge in [0.15, 0.2) is 0 Å². The zero-order valence-corrected chi connectivity index (χ0v) is 30.8. The maximum absolute atomic E-state index is 14.0. The lowest BCUT2D eigenvalue weighted by Gasteiger charge is -2.33. The van der Waals surface area contributed by atoms with Crippen molar-refractivity contribution < 1.29 is 14.4 Å². The fraction of sp³-hybridized carbons (Fsp3) is 0.191. The molecule has 8 heteroatoms. The number of pyridine rings is 3. The molecule has 272 valence electrons. The van der Waals surface area contributed by atoms with Gasteiger partial charge in [-0.05, 0) is 67.3 Å². The summed E-state index contributed by atoms with van der Waals surface area (Å²) in [5, 5.41) is 9.16. The molecule has 1 saturated carbocycles. The van der Waals surface area contributed by atoms with Gasteiger partial charge in [0.1, 0.15) is 5.78 Å². The molecule has 0 spiro atoms. The van der Waals surface area contributed by atoms with Gasteiger partial charge in [-0.2, -0.15) is 0 Å². The maximum Gasteiger partial charge on any atom is 0.227 e. The van der Waals surface area contributed by atoms with Crippen LogP contribution in [0.2, 0.25) is 0 Å². The summed E-state index contributed by atoms with van der Waals surface area (Å²) in [7, 11) is 0. The molecule has 1 aliphatic carbocycles. The van der Waals surface area contributed by atoms with E-state index in [2.05, 4.69) is 15.6 Å². The first-order valence-electron chi connectivity index (χ1n) is 18.7. The van der Waals surface area contributed by atoms with Gasteiger partial charge in [0.05, 0.1) is 40.7 Å². The SMILES string of the molecule is Cc1cc(CC(=O)C2CC(C(=O)Nc3cnc(-c4ccccc4)c(C)c3)CC(C(=O)Nc3cnc4c(ccc5ccccc54)c3)C2)cnc1-c1ccccc1. The Bertz CT molecular complexity index is 2440. The minimum Gasteiger partial charge on any atom is -0.324 e. The monoisotopic (exact) mass is 723 g/mol. The molecule has 7 aromatic rings. The lowest BCUT2D eigenvalue weighted by Crippen LogP contribution is -2.39. The molecule has 2 amide bonds. The number of fused-ring (bicyclic) bond motifs is 3. The molecule has 0 radical (unpaired) electrons. The van der Waals surface area contributed by atoms with Gasteiger partial charge in [0, 0.05) is 52.3 Å². The van der Waals surface area contributed by atoms with Crippen molar-refractivity contribution in [1.82, 2.24) is 15.0 Å². The van der Waals surface area contributed by atoms with E-state index in [9.17, 15) is 14.4 Å². The van der Waals surface area contributed by atoms with Crippen LogP contribution >= 0.6 is 0 Å². The van der Waals surface area contributed by atoms with Crippen molar-refractivity contribution in [2.75, 3.05) is 10.6 Å². The van der Waals surface area contributed by atoms with E-state index in [1.807, 2.05) is 129 Å². The Morgan fingerprint density at radius 3 is 1.73 bits per heavy atom. The van der Waals surface area contributed by atoms with Crippen LogP contribution in [0.3, 0.4) is 0 Å². The van der Waals surface area contributed by atoms with Crippen LogP contribution in [-0.4, -0.2) is 32.5 Å². The number of benzene rings is 4. The maximum atomic E-state index is 14.0. The Hall–Kier alpha value is -6.54. The van der Waals surface area contributed by atoms with Gasteiger partial charge in [0.25, 0.3) is 0 Å². The molecule has 1 aliphatic rings. The van der Waals surface area contributed by atoms with E-state index in [-0.39, 0.29) is 24.0 Å². The van der Waals surface area contributed by atoms with Gasteiger partial charge in [-0.3, -0.25) is 29.3 Å². The minimum absolute atomic E-state index is 0.00654. The van der Waals surface area contributed by atoms with E-state index >= 15 is 0 Å². The van der Waals surface area contributed by atoms with Gasteiger partial charge >= 0.3 is 0 Å². The molecule has 4 aromatic carbocycles. The molecule has 1 fully saturated rings. The minimum atomic E-state index is -0.564. The number of Topliss-reactive ketones (excluding diaryl/α,β-unsaturated/α-hetero) is 1. The van der Waals surface area contributed by atoms with E-state index in [4.69, 9.17) is 9.97 Å². The summed E-state index contributed by atoms with van der Waals surface area (Å²) in [6, 6.07) is 37.8. The number of carbonyl (C=O) groups is 3. The second-order valence-corrected chi connectivity index (χ2v) is 14.6. The first-order chi connectivity index (χ1) is 26.8. The average molecular weight is 724 g/mol. The summed E-state index contributed by atoms with van der Waals surface area (Å²) >= 11 is 0. The molecule has 55 heavy (non-hydrogen) atoms. The number of rotatable bonds is 9. The zero-order chi connectivity index (χ0) is 37.9. The lowest BCUT2D eigenvalue weighted by atomic mass is 9.72. The number of carbonyl (C=O) groups excluding carboxylic acids is 3. The Balaban J connectivity index is 1.02. The van der Waals surface area contributed by atoms with Crippen LogP contribution in [0.5, 0.6) is 0 Å². The normalized spacial score (nSPS) is 16.8. The van der Waals surface area contributed by atoms with Crippen LogP contribution in [0.15, 0.2) is 134 Å². The number of ketones is 1. The molecule has 8 nitrogen and oxygen atoms in total. The predicted octanol–water partition coefficient (Wildman–Crippen LogP) is 9.55. The highest BCUT2D eigenvalue weighted by Crippen LogP contribution is 2.37. The van der Waals surface area contributed by atoms with Crippen LogP contribution < -0.4 is 10.6 Å². The Kier molecular flexibility index (Phi) is 9.96. The second-order valence-electron chi connectivity index (χ2n) is 14.6. The number of nitrogens with one attached hydrogen (secondary N) is 2. The Labute approximate surface area is 320 Å². The molecular weight excluding hydrogens is 683 g/mol. The molecule has 2 N–H and O–H groups in total. The van der Waals surface area contributed by atoms with Crippen molar-refractivity contribution in [2.45, 2.75) is 39.5 Å². The number of aryl methyl sites for hydroxylation is 2. The van der Waals surface area contributed by atoms with Crippen molar-refractivity contribution in [2.24, 2.45) is 17.8 Å². The molecule has 3 atom stereocenters. The predicted molar refractivity (Wildman–Crippen MR) is 218 cm³/mol. The number of hydrogen-bond donors (Lipinski definition) is 2. The molecule has 0 saturated heterocycles. The van der Waals surface area contributed by atoms with Crippen molar-refractivity contribution in [3.8, 4) is 22.5 Å². The van der Waals surface area contributed by atoms with Crippen LogP contribution in [0.25, 0.3) is 44.2 Å². The van der Waals surface area contributed by atoms with E-state index < -0.39 is 17.8 Å². The topological polar surface area (TPSA) is 114 Å². The van der Waals surface area contributed by atoms with Gasteiger partial charge in [0.2, 0.25) is 11.8 Å². The summed E-state index contributed by atoms with van der Waals surface area (Å²) < 4.78 is 0. The third-order valence-electron chi connectivity index (χ3n) is 10.7. The second kappa shape index (κ2) is 15.4. The molecule has 3 heterocycles. The molecule has 3 aromatic heterocycles. The van der Waals surface area contributed by atoms with Crippen molar-refractivity contribution in [3.05, 3.63) is 151 Å². The highest BCUT2D eigenvalue weighted by molar-refractivity contribution is 6.06. The third kappa shape index (κ3) is 7.76. The van der Waals surface area contributed by atoms with Crippen LogP contribution in [0, 0.1) is 31.6 Å². The van der Waals surface area contributed by atoms with E-state index in [1.165, 1.54) is 0 Å². The number of hydrogen-bond acceptors (Lipinski definition) is 6. The van der Waals surface area contributed by atoms with Crippen molar-refractivity contribution in [1.29, 1.82) is 0 Å². The number of amides is 2.